The van der Waals surface area contributed by atoms with Gasteiger partial charge >= 0.3 is 0 Å². The molecule has 4 nitrogen and oxygen atoms in total. The van der Waals surface area contributed by atoms with E-state index in [1.807, 2.05) is 0 Å². The molecule has 0 bridgehead atoms. The van der Waals surface area contributed by atoms with Crippen LogP contribution in [0.2, 0.25) is 25.1 Å². The average Bonchev–Trinajstić information content (AvgIpc) is 2.71. The Kier molecular flexibility index (Phi) is 8.74. The number of amides is 1. The summed E-state index contributed by atoms with van der Waals surface area (Å²) in [5, 5.41) is 1.83. The number of benzene rings is 2. The van der Waals surface area contributed by atoms with E-state index in [2.05, 4.69) is 20.9 Å². The first-order valence-corrected chi connectivity index (χ1v) is 11.5. The topological polar surface area (TPSA) is 42.4 Å². The van der Waals surface area contributed by atoms with Crippen LogP contribution in [0.5, 0.6) is 5.75 Å². The summed E-state index contributed by atoms with van der Waals surface area (Å²) in [6.45, 7) is 0.685. The normalized spacial score (nSPS) is 10.8. The van der Waals surface area contributed by atoms with E-state index in [9.17, 15) is 4.79 Å². The van der Waals surface area contributed by atoms with Gasteiger partial charge in [-0.2, -0.15) is 0 Å². The highest BCUT2D eigenvalue weighted by Gasteiger charge is 2.18. The van der Waals surface area contributed by atoms with Gasteiger partial charge in [0.1, 0.15) is 6.61 Å². The van der Waals surface area contributed by atoms with Crippen LogP contribution in [0.4, 0.5) is 0 Å². The van der Waals surface area contributed by atoms with Crippen LogP contribution < -0.4 is 4.74 Å². The molecule has 0 N–H and O–H groups in total. The van der Waals surface area contributed by atoms with Crippen molar-refractivity contribution in [1.82, 2.24) is 9.88 Å². The Morgan fingerprint density at radius 1 is 0.935 bits per heavy atom. The first-order valence-electron chi connectivity index (χ1n) is 8.85. The van der Waals surface area contributed by atoms with E-state index in [1.165, 1.54) is 18.3 Å². The molecule has 3 aromatic rings. The lowest BCUT2D eigenvalue weighted by Crippen LogP contribution is -2.34. The van der Waals surface area contributed by atoms with Crippen LogP contribution in [0.3, 0.4) is 0 Å². The van der Waals surface area contributed by atoms with Gasteiger partial charge in [-0.1, -0.05) is 64.1 Å². The molecular weight excluding hydrogens is 569 g/mol. The Balaban J connectivity index is 1.79. The summed E-state index contributed by atoms with van der Waals surface area (Å²) in [6, 6.07) is 9.99. The van der Waals surface area contributed by atoms with Crippen LogP contribution in [0.25, 0.3) is 0 Å². The second-order valence-electron chi connectivity index (χ2n) is 6.41. The molecule has 0 saturated carbocycles. The molecule has 1 aromatic heterocycles. The number of hydrogen-bond acceptors (Lipinski definition) is 3. The van der Waals surface area contributed by atoms with Crippen molar-refractivity contribution in [2.24, 2.45) is 0 Å². The number of carbonyl (C=O) groups excluding carboxylic acids is 1. The van der Waals surface area contributed by atoms with Crippen molar-refractivity contribution in [1.29, 1.82) is 0 Å². The first-order chi connectivity index (χ1) is 14.7. The van der Waals surface area contributed by atoms with Crippen LogP contribution in [0.15, 0.2) is 53.3 Å². The highest BCUT2D eigenvalue weighted by atomic mass is 79.9. The lowest BCUT2D eigenvalue weighted by Gasteiger charge is -2.23. The molecule has 10 heteroatoms. The van der Waals surface area contributed by atoms with E-state index in [1.54, 1.807) is 35.4 Å². The highest BCUT2D eigenvalue weighted by Crippen LogP contribution is 2.35. The van der Waals surface area contributed by atoms with Crippen LogP contribution in [0.1, 0.15) is 15.9 Å². The Morgan fingerprint density at radius 3 is 2.29 bits per heavy atom. The van der Waals surface area contributed by atoms with E-state index in [-0.39, 0.29) is 35.6 Å². The molecule has 3 rings (SSSR count). The van der Waals surface area contributed by atoms with Crippen molar-refractivity contribution < 1.29 is 9.53 Å². The van der Waals surface area contributed by atoms with Gasteiger partial charge in [-0.05, 0) is 51.8 Å². The molecular formula is C21H14BrCl5N2O2. The second-order valence-corrected chi connectivity index (χ2v) is 9.39. The number of pyridine rings is 1. The Hall–Kier alpha value is -1.21. The molecule has 31 heavy (non-hydrogen) atoms. The summed E-state index contributed by atoms with van der Waals surface area (Å²) in [7, 11) is 0. The predicted octanol–water partition coefficient (Wildman–Crippen LogP) is 7.83. The third-order valence-corrected chi connectivity index (χ3v) is 6.12. The minimum absolute atomic E-state index is 0.148. The monoisotopic (exact) mass is 580 g/mol. The fourth-order valence-corrected chi connectivity index (χ4v) is 4.36. The molecule has 0 fully saturated rings. The minimum Gasteiger partial charge on any atom is -0.489 e. The van der Waals surface area contributed by atoms with Gasteiger partial charge in [0, 0.05) is 28.4 Å². The number of aromatic nitrogens is 1. The number of nitrogens with zero attached hydrogens (tertiary/aromatic N) is 2. The van der Waals surface area contributed by atoms with Crippen LogP contribution in [0, 0.1) is 0 Å². The number of hydrogen-bond donors (Lipinski definition) is 0. The molecule has 0 radical (unpaired) electrons. The van der Waals surface area contributed by atoms with Crippen molar-refractivity contribution in [3.8, 4) is 5.75 Å². The molecule has 0 aliphatic heterocycles. The average molecular weight is 584 g/mol. The highest BCUT2D eigenvalue weighted by molar-refractivity contribution is 9.10. The van der Waals surface area contributed by atoms with E-state index in [4.69, 9.17) is 62.7 Å². The molecule has 1 heterocycles. The number of rotatable bonds is 7. The smallest absolute Gasteiger partial charge is 0.255 e. The van der Waals surface area contributed by atoms with Gasteiger partial charge in [0.2, 0.25) is 0 Å². The van der Waals surface area contributed by atoms with Crippen LogP contribution in [-0.2, 0) is 6.54 Å². The van der Waals surface area contributed by atoms with E-state index in [0.717, 1.165) is 5.56 Å². The summed E-state index contributed by atoms with van der Waals surface area (Å²) in [5.74, 6) is 0.0792. The van der Waals surface area contributed by atoms with Gasteiger partial charge in [-0.3, -0.25) is 9.78 Å². The van der Waals surface area contributed by atoms with E-state index < -0.39 is 0 Å². The number of halogens is 6. The van der Waals surface area contributed by atoms with Crippen LogP contribution >= 0.6 is 73.9 Å². The molecule has 2 aromatic carbocycles. The SMILES string of the molecule is O=C(c1cncc(Br)c1)N(CCOc1c(Cl)cc(Cl)cc1Cl)Cc1ccc(Cl)c(Cl)c1. The van der Waals surface area contributed by atoms with Gasteiger partial charge in [0.05, 0.1) is 32.2 Å². The summed E-state index contributed by atoms with van der Waals surface area (Å²) >= 11 is 33.8. The zero-order chi connectivity index (χ0) is 22.5. The lowest BCUT2D eigenvalue weighted by atomic mass is 10.2. The maximum Gasteiger partial charge on any atom is 0.255 e. The molecule has 0 aliphatic carbocycles. The predicted molar refractivity (Wildman–Crippen MR) is 130 cm³/mol. The quantitative estimate of drug-likeness (QED) is 0.285. The third kappa shape index (κ3) is 6.64. The maximum atomic E-state index is 13.2. The van der Waals surface area contributed by atoms with Crippen molar-refractivity contribution >= 4 is 79.8 Å². The van der Waals surface area contributed by atoms with Gasteiger partial charge in [0.15, 0.2) is 5.75 Å². The summed E-state index contributed by atoms with van der Waals surface area (Å²) in [4.78, 5) is 18.8. The zero-order valence-electron chi connectivity index (χ0n) is 15.7. The molecule has 162 valence electrons. The number of carbonyl (C=O) groups is 1. The molecule has 1 amide bonds. The standard InChI is InChI=1S/C21H14BrCl5N2O2/c22-14-6-13(9-28-10-14)21(30)29(11-12-1-2-16(24)17(25)5-12)3-4-31-20-18(26)7-15(23)8-19(20)27/h1-2,5-10H,3-4,11H2. The molecule has 0 aliphatic rings. The Morgan fingerprint density at radius 2 is 1.65 bits per heavy atom. The first kappa shape index (κ1) is 24.4. The van der Waals surface area contributed by atoms with E-state index >= 15 is 0 Å². The Labute approximate surface area is 213 Å². The van der Waals surface area contributed by atoms with Crippen molar-refractivity contribution in [3.05, 3.63) is 89.5 Å². The lowest BCUT2D eigenvalue weighted by molar-refractivity contribution is 0.0716. The molecule has 0 saturated heterocycles. The fourth-order valence-electron chi connectivity index (χ4n) is 2.75. The van der Waals surface area contributed by atoms with Crippen molar-refractivity contribution in [2.75, 3.05) is 13.2 Å². The molecule has 0 unspecified atom stereocenters. The third-order valence-electron chi connectivity index (χ3n) is 4.17. The van der Waals surface area contributed by atoms with Crippen molar-refractivity contribution in [3.63, 3.8) is 0 Å². The van der Waals surface area contributed by atoms with Gasteiger partial charge in [-0.25, -0.2) is 0 Å². The van der Waals surface area contributed by atoms with E-state index in [0.29, 0.717) is 30.9 Å². The fraction of sp³-hybridized carbons (Fsp3) is 0.143. The molecule has 0 atom stereocenters. The van der Waals surface area contributed by atoms with Crippen LogP contribution in [-0.4, -0.2) is 28.9 Å². The summed E-state index contributed by atoms with van der Waals surface area (Å²) in [6.07, 6.45) is 3.11. The second kappa shape index (κ2) is 11.1. The minimum atomic E-state index is -0.225. The summed E-state index contributed by atoms with van der Waals surface area (Å²) in [5.41, 5.74) is 1.24. The van der Waals surface area contributed by atoms with Gasteiger partial charge in [0.25, 0.3) is 5.91 Å². The zero-order valence-corrected chi connectivity index (χ0v) is 21.1. The van der Waals surface area contributed by atoms with Gasteiger partial charge < -0.3 is 9.64 Å². The maximum absolute atomic E-state index is 13.2. The largest absolute Gasteiger partial charge is 0.489 e. The van der Waals surface area contributed by atoms with Crippen molar-refractivity contribution in [2.45, 2.75) is 6.54 Å². The Bertz CT molecular complexity index is 1090. The molecule has 0 spiro atoms. The van der Waals surface area contributed by atoms with Gasteiger partial charge in [-0.15, -0.1) is 0 Å². The number of ether oxygens (including phenoxy) is 1. The summed E-state index contributed by atoms with van der Waals surface area (Å²) < 4.78 is 6.45.